The molecule has 0 radical (unpaired) electrons. The van der Waals surface area contributed by atoms with E-state index in [2.05, 4.69) is 4.98 Å². The molecule has 0 atom stereocenters. The van der Waals surface area contributed by atoms with E-state index in [1.165, 1.54) is 0 Å². The van der Waals surface area contributed by atoms with Gasteiger partial charge in [0.15, 0.2) is 11.5 Å². The molecule has 1 heterocycles. The third kappa shape index (κ3) is 2.73. The summed E-state index contributed by atoms with van der Waals surface area (Å²) in [6.07, 6.45) is 0. The van der Waals surface area contributed by atoms with Crippen LogP contribution in [-0.4, -0.2) is 12.1 Å². The first-order valence-corrected chi connectivity index (χ1v) is 5.30. The molecular weight excluding hydrogens is 216 g/mol. The van der Waals surface area contributed by atoms with Gasteiger partial charge in [-0.3, -0.25) is 0 Å². The Morgan fingerprint density at radius 3 is 2.53 bits per heavy atom. The van der Waals surface area contributed by atoms with Gasteiger partial charge < -0.3 is 15.2 Å². The molecule has 1 aromatic carbocycles. The maximum Gasteiger partial charge on any atom is 0.219 e. The number of benzene rings is 1. The van der Waals surface area contributed by atoms with E-state index in [9.17, 15) is 0 Å². The number of pyridine rings is 1. The molecule has 2 aromatic rings. The molecular formula is C13H14N2O2. The number of ether oxygens (including phenoxy) is 2. The second-order valence-corrected chi connectivity index (χ2v) is 3.42. The third-order valence-corrected chi connectivity index (χ3v) is 2.27. The highest BCUT2D eigenvalue weighted by molar-refractivity contribution is 5.41. The summed E-state index contributed by atoms with van der Waals surface area (Å²) in [6, 6.07) is 12.9. The first-order valence-electron chi connectivity index (χ1n) is 5.30. The number of nitrogens with zero attached hydrogens (tertiary/aromatic N) is 1. The Kier molecular flexibility index (Phi) is 3.57. The van der Waals surface area contributed by atoms with E-state index < -0.39 is 0 Å². The Morgan fingerprint density at radius 2 is 1.82 bits per heavy atom. The summed E-state index contributed by atoms with van der Waals surface area (Å²) in [4.78, 5) is 4.26. The lowest BCUT2D eigenvalue weighted by Gasteiger charge is -2.09. The first kappa shape index (κ1) is 11.4. The zero-order chi connectivity index (χ0) is 12.1. The van der Waals surface area contributed by atoms with Crippen molar-refractivity contribution in [2.45, 2.75) is 6.54 Å². The van der Waals surface area contributed by atoms with Crippen LogP contribution >= 0.6 is 0 Å². The standard InChI is InChI=1S/C13H14N2O2/c1-16-11-6-2-3-7-12(11)17-13-8-4-5-10(9-14)15-13/h2-8H,9,14H2,1H3. The monoisotopic (exact) mass is 230 g/mol. The second-order valence-electron chi connectivity index (χ2n) is 3.42. The van der Waals surface area contributed by atoms with E-state index >= 15 is 0 Å². The number of hydrogen-bond acceptors (Lipinski definition) is 4. The van der Waals surface area contributed by atoms with Crippen LogP contribution < -0.4 is 15.2 Å². The molecule has 4 nitrogen and oxygen atoms in total. The van der Waals surface area contributed by atoms with E-state index in [4.69, 9.17) is 15.2 Å². The number of para-hydroxylation sites is 2. The quantitative estimate of drug-likeness (QED) is 0.875. The van der Waals surface area contributed by atoms with Crippen molar-refractivity contribution >= 4 is 0 Å². The van der Waals surface area contributed by atoms with E-state index in [0.717, 1.165) is 5.69 Å². The summed E-state index contributed by atoms with van der Waals surface area (Å²) < 4.78 is 10.8. The molecule has 2 N–H and O–H groups in total. The van der Waals surface area contributed by atoms with Gasteiger partial charge in [-0.1, -0.05) is 18.2 Å². The van der Waals surface area contributed by atoms with Crippen LogP contribution in [-0.2, 0) is 6.54 Å². The molecule has 0 aliphatic rings. The molecule has 0 aliphatic heterocycles. The van der Waals surface area contributed by atoms with Crippen LogP contribution in [0.4, 0.5) is 0 Å². The second kappa shape index (κ2) is 5.32. The smallest absolute Gasteiger partial charge is 0.219 e. The lowest BCUT2D eigenvalue weighted by molar-refractivity contribution is 0.374. The Hall–Kier alpha value is -2.07. The molecule has 2 rings (SSSR count). The molecule has 0 bridgehead atoms. The minimum atomic E-state index is 0.392. The molecule has 0 fully saturated rings. The normalized spacial score (nSPS) is 10.0. The molecule has 0 saturated carbocycles. The third-order valence-electron chi connectivity index (χ3n) is 2.27. The molecule has 4 heteroatoms. The number of aromatic nitrogens is 1. The summed E-state index contributed by atoms with van der Waals surface area (Å²) >= 11 is 0. The van der Waals surface area contributed by atoms with Crippen LogP contribution in [0.3, 0.4) is 0 Å². The predicted molar refractivity (Wildman–Crippen MR) is 65.2 cm³/mol. The average molecular weight is 230 g/mol. The van der Waals surface area contributed by atoms with E-state index in [1.54, 1.807) is 13.2 Å². The summed E-state index contributed by atoms with van der Waals surface area (Å²) in [5.41, 5.74) is 6.31. The molecule has 1 aromatic heterocycles. The first-order chi connectivity index (χ1) is 8.33. The SMILES string of the molecule is COc1ccccc1Oc1cccc(CN)n1. The van der Waals surface area contributed by atoms with Crippen LogP contribution in [0, 0.1) is 0 Å². The van der Waals surface area contributed by atoms with Gasteiger partial charge in [-0.05, 0) is 18.2 Å². The topological polar surface area (TPSA) is 57.4 Å². The number of rotatable bonds is 4. The molecule has 0 saturated heterocycles. The predicted octanol–water partition coefficient (Wildman–Crippen LogP) is 2.34. The molecule has 0 aliphatic carbocycles. The van der Waals surface area contributed by atoms with Crippen molar-refractivity contribution in [3.8, 4) is 17.4 Å². The fourth-order valence-corrected chi connectivity index (χ4v) is 1.44. The van der Waals surface area contributed by atoms with Crippen molar-refractivity contribution in [1.29, 1.82) is 0 Å². The fraction of sp³-hybridized carbons (Fsp3) is 0.154. The van der Waals surface area contributed by atoms with Crippen molar-refractivity contribution in [3.05, 3.63) is 48.2 Å². The number of methoxy groups -OCH3 is 1. The van der Waals surface area contributed by atoms with Crippen molar-refractivity contribution in [2.24, 2.45) is 5.73 Å². The summed E-state index contributed by atoms with van der Waals surface area (Å²) in [7, 11) is 1.60. The van der Waals surface area contributed by atoms with Crippen molar-refractivity contribution in [1.82, 2.24) is 4.98 Å². The molecule has 0 amide bonds. The van der Waals surface area contributed by atoms with E-state index in [1.807, 2.05) is 36.4 Å². The van der Waals surface area contributed by atoms with Gasteiger partial charge in [0.05, 0.1) is 12.8 Å². The average Bonchev–Trinajstić information content (AvgIpc) is 2.39. The van der Waals surface area contributed by atoms with Crippen LogP contribution in [0.2, 0.25) is 0 Å². The highest BCUT2D eigenvalue weighted by atomic mass is 16.5. The molecule has 0 unspecified atom stereocenters. The summed E-state index contributed by atoms with van der Waals surface area (Å²) in [6.45, 7) is 0.392. The van der Waals surface area contributed by atoms with Crippen molar-refractivity contribution < 1.29 is 9.47 Å². The minimum Gasteiger partial charge on any atom is -0.493 e. The van der Waals surface area contributed by atoms with Crippen LogP contribution in [0.5, 0.6) is 17.4 Å². The van der Waals surface area contributed by atoms with Crippen LogP contribution in [0.1, 0.15) is 5.69 Å². The highest BCUT2D eigenvalue weighted by Crippen LogP contribution is 2.29. The number of nitrogens with two attached hydrogens (primary N) is 1. The van der Waals surface area contributed by atoms with Crippen molar-refractivity contribution in [3.63, 3.8) is 0 Å². The summed E-state index contributed by atoms with van der Waals surface area (Å²) in [5.74, 6) is 1.82. The maximum absolute atomic E-state index is 5.65. The van der Waals surface area contributed by atoms with Gasteiger partial charge >= 0.3 is 0 Å². The van der Waals surface area contributed by atoms with Gasteiger partial charge in [0.25, 0.3) is 0 Å². The van der Waals surface area contributed by atoms with Crippen molar-refractivity contribution in [2.75, 3.05) is 7.11 Å². The Labute approximate surface area is 100 Å². The van der Waals surface area contributed by atoms with Gasteiger partial charge in [-0.15, -0.1) is 0 Å². The molecule has 17 heavy (non-hydrogen) atoms. The van der Waals surface area contributed by atoms with Gasteiger partial charge in [0.2, 0.25) is 5.88 Å². The van der Waals surface area contributed by atoms with E-state index in [0.29, 0.717) is 23.9 Å². The highest BCUT2D eigenvalue weighted by Gasteiger charge is 2.05. The molecule has 0 spiro atoms. The Morgan fingerprint density at radius 1 is 1.06 bits per heavy atom. The zero-order valence-electron chi connectivity index (χ0n) is 9.59. The van der Waals surface area contributed by atoms with E-state index in [-0.39, 0.29) is 0 Å². The minimum absolute atomic E-state index is 0.392. The Bertz CT molecular complexity index is 500. The molecule has 88 valence electrons. The number of hydrogen-bond donors (Lipinski definition) is 1. The summed E-state index contributed by atoms with van der Waals surface area (Å²) in [5, 5.41) is 0. The van der Waals surface area contributed by atoms with Gasteiger partial charge in [-0.25, -0.2) is 4.98 Å². The lowest BCUT2D eigenvalue weighted by Crippen LogP contribution is -2.00. The van der Waals surface area contributed by atoms with Crippen LogP contribution in [0.15, 0.2) is 42.5 Å². The largest absolute Gasteiger partial charge is 0.493 e. The maximum atomic E-state index is 5.65. The lowest BCUT2D eigenvalue weighted by atomic mass is 10.3. The van der Waals surface area contributed by atoms with Crippen LogP contribution in [0.25, 0.3) is 0 Å². The Balaban J connectivity index is 2.24. The van der Waals surface area contributed by atoms with Gasteiger partial charge in [-0.2, -0.15) is 0 Å². The fourth-order valence-electron chi connectivity index (χ4n) is 1.44. The van der Waals surface area contributed by atoms with Gasteiger partial charge in [0.1, 0.15) is 0 Å². The van der Waals surface area contributed by atoms with Gasteiger partial charge in [0, 0.05) is 12.6 Å². The zero-order valence-corrected chi connectivity index (χ0v) is 9.59.